The van der Waals surface area contributed by atoms with Crippen molar-refractivity contribution in [3.05, 3.63) is 0 Å². The summed E-state index contributed by atoms with van der Waals surface area (Å²) in [5.41, 5.74) is 0.136. The van der Waals surface area contributed by atoms with Crippen LogP contribution in [0.1, 0.15) is 114 Å². The Morgan fingerprint density at radius 1 is 0.979 bits per heavy atom. The first-order valence-corrected chi connectivity index (χ1v) is 19.6. The lowest BCUT2D eigenvalue weighted by Gasteiger charge is -2.63. The highest BCUT2D eigenvalue weighted by atomic mass is 16.6. The number of carbonyl (C=O) groups is 2. The number of nitrogens with zero attached hydrogens (tertiary/aromatic N) is 1. The van der Waals surface area contributed by atoms with E-state index in [1.54, 1.807) is 0 Å². The molecule has 272 valence electrons. The van der Waals surface area contributed by atoms with E-state index >= 15 is 0 Å². The van der Waals surface area contributed by atoms with Crippen LogP contribution >= 0.6 is 0 Å². The first-order valence-electron chi connectivity index (χ1n) is 19.6. The highest BCUT2D eigenvalue weighted by Crippen LogP contribution is 2.89. The van der Waals surface area contributed by atoms with Gasteiger partial charge in [-0.3, -0.25) is 4.90 Å². The Hall–Kier alpha value is -1.58. The average Bonchev–Trinajstić information content (AvgIpc) is 3.63. The zero-order valence-electron chi connectivity index (χ0n) is 31.3. The smallest absolute Gasteiger partial charge is 0.407 e. The number of likely N-dealkylation sites (N-methyl/N-ethyl adjacent to an activating group) is 1. The first kappa shape index (κ1) is 34.9. The van der Waals surface area contributed by atoms with Gasteiger partial charge < -0.3 is 30.0 Å². The number of aliphatic hydroxyl groups excluding tert-OH is 1. The Kier molecular flexibility index (Phi) is 8.51. The Bertz CT molecular complexity index is 1270. The topological polar surface area (TPSA) is 109 Å². The van der Waals surface area contributed by atoms with E-state index in [0.717, 1.165) is 58.2 Å². The number of rotatable bonds is 7. The third-order valence-corrected chi connectivity index (χ3v) is 16.3. The normalized spacial score (nSPS) is 48.1. The summed E-state index contributed by atoms with van der Waals surface area (Å²) in [6, 6.07) is 0.197. The summed E-state index contributed by atoms with van der Waals surface area (Å²) in [6.07, 6.45) is 6.58. The van der Waals surface area contributed by atoms with E-state index in [2.05, 4.69) is 70.9 Å². The average molecular weight is 672 g/mol. The van der Waals surface area contributed by atoms with E-state index in [0.29, 0.717) is 24.3 Å². The zero-order valence-corrected chi connectivity index (χ0v) is 31.3. The molecule has 2 spiro atoms. The van der Waals surface area contributed by atoms with Crippen LogP contribution in [-0.4, -0.2) is 84.9 Å². The van der Waals surface area contributed by atoms with Gasteiger partial charge in [0.1, 0.15) is 12.2 Å². The molecule has 7 rings (SSSR count). The van der Waals surface area contributed by atoms with Gasteiger partial charge in [-0.25, -0.2) is 9.59 Å². The van der Waals surface area contributed by atoms with Crippen molar-refractivity contribution in [2.24, 2.45) is 56.7 Å². The van der Waals surface area contributed by atoms with E-state index in [-0.39, 0.29) is 75.5 Å². The second-order valence-corrected chi connectivity index (χ2v) is 18.8. The number of amides is 2. The van der Waals surface area contributed by atoms with Crippen LogP contribution in [-0.2, 0) is 14.2 Å². The lowest BCUT2D eigenvalue weighted by molar-refractivity contribution is -0.184. The molecule has 0 bridgehead atoms. The van der Waals surface area contributed by atoms with E-state index < -0.39 is 12.2 Å². The van der Waals surface area contributed by atoms with E-state index in [1.807, 2.05) is 6.92 Å². The Morgan fingerprint density at radius 3 is 2.33 bits per heavy atom. The maximum absolute atomic E-state index is 13.0. The molecule has 5 aliphatic carbocycles. The fraction of sp³-hybridized carbons (Fsp3) is 0.949. The molecule has 7 aliphatic rings. The largest absolute Gasteiger partial charge is 0.446 e. The molecular weight excluding hydrogens is 606 g/mol. The predicted molar refractivity (Wildman–Crippen MR) is 184 cm³/mol. The summed E-state index contributed by atoms with van der Waals surface area (Å²) >= 11 is 0. The third kappa shape index (κ3) is 4.70. The lowest BCUT2D eigenvalue weighted by atomic mass is 9.41. The molecule has 2 amide bonds. The van der Waals surface area contributed by atoms with Gasteiger partial charge >= 0.3 is 12.2 Å². The Labute approximate surface area is 289 Å². The number of nitrogens with one attached hydrogen (secondary N) is 2. The van der Waals surface area contributed by atoms with Gasteiger partial charge in [-0.15, -0.1) is 0 Å². The minimum absolute atomic E-state index is 0.0232. The van der Waals surface area contributed by atoms with Crippen molar-refractivity contribution in [3.8, 4) is 0 Å². The molecule has 8 unspecified atom stereocenters. The standard InChI is InChI=1S/C39H65N3O6/c1-10-40-33(44)48-30(22(3)4)25-18-23(5)29-31(46-25)32(43)37(9)27-13-12-26-35(6,7)28(47-34(45)41-24-19-42(11-2)20-24)14-15-38(26)21-39(27,38)17-16-36(29,37)8/h22-32,43H,10-21H2,1-9H3,(H,40,44)(H,41,45)/t23-,25?,26+,27?,28?,29+,30?,31?,32+,36?,37-,38?,39?/m1/s1. The minimum Gasteiger partial charge on any atom is -0.446 e. The zero-order chi connectivity index (χ0) is 34.6. The van der Waals surface area contributed by atoms with Gasteiger partial charge in [0, 0.05) is 30.5 Å². The van der Waals surface area contributed by atoms with Crippen LogP contribution in [0.5, 0.6) is 0 Å². The van der Waals surface area contributed by atoms with E-state index in [1.165, 1.54) is 12.8 Å². The summed E-state index contributed by atoms with van der Waals surface area (Å²) in [4.78, 5) is 27.9. The number of ether oxygens (including phenoxy) is 3. The highest BCUT2D eigenvalue weighted by molar-refractivity contribution is 5.68. The van der Waals surface area contributed by atoms with Crippen molar-refractivity contribution >= 4 is 12.2 Å². The maximum Gasteiger partial charge on any atom is 0.407 e. The molecule has 0 aromatic heterocycles. The van der Waals surface area contributed by atoms with Gasteiger partial charge in [-0.2, -0.15) is 0 Å². The number of hydrogen-bond donors (Lipinski definition) is 3. The molecule has 2 saturated heterocycles. The quantitative estimate of drug-likeness (QED) is 0.289. The van der Waals surface area contributed by atoms with Gasteiger partial charge in [-0.05, 0) is 111 Å². The van der Waals surface area contributed by atoms with Gasteiger partial charge in [0.05, 0.1) is 24.4 Å². The number of likely N-dealkylation sites (tertiary alicyclic amines) is 1. The van der Waals surface area contributed by atoms with Crippen LogP contribution in [0.2, 0.25) is 0 Å². The van der Waals surface area contributed by atoms with Gasteiger partial charge in [0.2, 0.25) is 0 Å². The molecule has 13 atom stereocenters. The fourth-order valence-electron chi connectivity index (χ4n) is 13.9. The first-order chi connectivity index (χ1) is 22.6. The molecule has 3 N–H and O–H groups in total. The van der Waals surface area contributed by atoms with Crippen molar-refractivity contribution in [2.75, 3.05) is 26.2 Å². The van der Waals surface area contributed by atoms with Gasteiger partial charge in [-0.1, -0.05) is 55.4 Å². The number of carbonyl (C=O) groups excluding carboxylic acids is 2. The molecule has 5 saturated carbocycles. The van der Waals surface area contributed by atoms with Crippen LogP contribution in [0.3, 0.4) is 0 Å². The number of alkyl carbamates (subject to hydrolysis) is 2. The molecule has 48 heavy (non-hydrogen) atoms. The van der Waals surface area contributed by atoms with Crippen LogP contribution in [0.25, 0.3) is 0 Å². The molecule has 0 aromatic rings. The van der Waals surface area contributed by atoms with E-state index in [4.69, 9.17) is 14.2 Å². The van der Waals surface area contributed by atoms with Crippen molar-refractivity contribution in [2.45, 2.75) is 150 Å². The summed E-state index contributed by atoms with van der Waals surface area (Å²) < 4.78 is 19.2. The monoisotopic (exact) mass is 671 g/mol. The molecular formula is C39H65N3O6. The molecule has 9 nitrogen and oxygen atoms in total. The summed E-state index contributed by atoms with van der Waals surface area (Å²) in [5.74, 6) is 1.69. The third-order valence-electron chi connectivity index (χ3n) is 16.3. The van der Waals surface area contributed by atoms with Crippen LogP contribution in [0, 0.1) is 56.7 Å². The molecule has 0 radical (unpaired) electrons. The summed E-state index contributed by atoms with van der Waals surface area (Å²) in [5, 5.41) is 18.5. The highest BCUT2D eigenvalue weighted by Gasteiger charge is 2.84. The number of aliphatic hydroxyl groups is 1. The summed E-state index contributed by atoms with van der Waals surface area (Å²) in [6.45, 7) is 23.6. The van der Waals surface area contributed by atoms with Crippen molar-refractivity contribution < 1.29 is 28.9 Å². The Balaban J connectivity index is 1.09. The van der Waals surface area contributed by atoms with Crippen LogP contribution in [0.15, 0.2) is 0 Å². The molecule has 0 aromatic carbocycles. The second-order valence-electron chi connectivity index (χ2n) is 18.8. The minimum atomic E-state index is -0.557. The molecule has 2 aliphatic heterocycles. The SMILES string of the molecule is CCNC(=O)OC(C(C)C)C1C[C@@H](C)[C@H]2C(O1)[C@H](O)[C@@]1(C)C3CC[C@H]4C(C)(C)C(OC(=O)NC5CN(CC)C5)CCC45CC35CCC21C. The second kappa shape index (κ2) is 11.7. The van der Waals surface area contributed by atoms with Crippen molar-refractivity contribution in [3.63, 3.8) is 0 Å². The fourth-order valence-corrected chi connectivity index (χ4v) is 13.9. The Morgan fingerprint density at radius 2 is 1.67 bits per heavy atom. The van der Waals surface area contributed by atoms with E-state index in [9.17, 15) is 14.7 Å². The lowest BCUT2D eigenvalue weighted by Crippen LogP contribution is -2.61. The van der Waals surface area contributed by atoms with Gasteiger partial charge in [0.25, 0.3) is 0 Å². The van der Waals surface area contributed by atoms with Crippen LogP contribution < -0.4 is 10.6 Å². The summed E-state index contributed by atoms with van der Waals surface area (Å²) in [7, 11) is 0. The number of fused-ring (bicyclic) bond motifs is 4. The maximum atomic E-state index is 13.0. The van der Waals surface area contributed by atoms with Crippen LogP contribution in [0.4, 0.5) is 9.59 Å². The van der Waals surface area contributed by atoms with Gasteiger partial charge in [0.15, 0.2) is 0 Å². The van der Waals surface area contributed by atoms with Crippen molar-refractivity contribution in [1.29, 1.82) is 0 Å². The number of hydrogen-bond acceptors (Lipinski definition) is 7. The van der Waals surface area contributed by atoms with Crippen molar-refractivity contribution in [1.82, 2.24) is 15.5 Å². The predicted octanol–water partition coefficient (Wildman–Crippen LogP) is 6.37. The molecule has 7 fully saturated rings. The molecule has 2 heterocycles. The molecule has 9 heteroatoms.